The smallest absolute Gasteiger partial charge is 0.321 e. The number of amides is 3. The van der Waals surface area contributed by atoms with Gasteiger partial charge in [-0.05, 0) is 23.7 Å². The highest BCUT2D eigenvalue weighted by Crippen LogP contribution is 2.50. The van der Waals surface area contributed by atoms with Crippen molar-refractivity contribution >= 4 is 17.9 Å². The fraction of sp³-hybridized carbons (Fsp3) is 0.769. The fourth-order valence-electron chi connectivity index (χ4n) is 2.05. The van der Waals surface area contributed by atoms with E-state index in [4.69, 9.17) is 5.11 Å². The minimum Gasteiger partial charge on any atom is -0.481 e. The highest BCUT2D eigenvalue weighted by molar-refractivity contribution is 5.94. The molecule has 0 spiro atoms. The average Bonchev–Trinajstić information content (AvgIpc) is 2.81. The lowest BCUT2D eigenvalue weighted by Gasteiger charge is -2.10. The van der Waals surface area contributed by atoms with Gasteiger partial charge in [-0.3, -0.25) is 14.9 Å². The number of carboxylic acid groups (broad SMARTS) is 1. The molecule has 0 aromatic carbocycles. The van der Waals surface area contributed by atoms with Crippen molar-refractivity contribution in [2.75, 3.05) is 6.54 Å². The predicted molar refractivity (Wildman–Crippen MR) is 69.5 cm³/mol. The van der Waals surface area contributed by atoms with Gasteiger partial charge in [0, 0.05) is 19.4 Å². The van der Waals surface area contributed by atoms with Crippen molar-refractivity contribution in [3.8, 4) is 0 Å². The molecule has 1 saturated carbocycles. The lowest BCUT2D eigenvalue weighted by molar-refractivity contribution is -0.138. The van der Waals surface area contributed by atoms with Gasteiger partial charge in [-0.2, -0.15) is 0 Å². The van der Waals surface area contributed by atoms with Gasteiger partial charge >= 0.3 is 12.0 Å². The molecule has 6 nitrogen and oxygen atoms in total. The maximum absolute atomic E-state index is 11.5. The van der Waals surface area contributed by atoms with Gasteiger partial charge in [0.15, 0.2) is 0 Å². The van der Waals surface area contributed by atoms with Crippen LogP contribution in [0.5, 0.6) is 0 Å². The van der Waals surface area contributed by atoms with Crippen LogP contribution < -0.4 is 10.6 Å². The van der Waals surface area contributed by atoms with Gasteiger partial charge in [0.1, 0.15) is 0 Å². The van der Waals surface area contributed by atoms with Crippen LogP contribution in [0.3, 0.4) is 0 Å². The Bertz CT molecular complexity index is 379. The number of aliphatic carboxylic acids is 1. The monoisotopic (exact) mass is 270 g/mol. The summed E-state index contributed by atoms with van der Waals surface area (Å²) in [5, 5.41) is 13.4. The fourth-order valence-corrected chi connectivity index (χ4v) is 2.05. The van der Waals surface area contributed by atoms with E-state index < -0.39 is 17.9 Å². The minimum atomic E-state index is -0.944. The van der Waals surface area contributed by atoms with Crippen molar-refractivity contribution in [3.63, 3.8) is 0 Å². The van der Waals surface area contributed by atoms with Crippen LogP contribution in [-0.4, -0.2) is 29.6 Å². The first-order valence-electron chi connectivity index (χ1n) is 6.50. The number of imide groups is 1. The maximum Gasteiger partial charge on any atom is 0.321 e. The van der Waals surface area contributed by atoms with Crippen LogP contribution in [0.15, 0.2) is 0 Å². The molecule has 0 radical (unpaired) electrons. The van der Waals surface area contributed by atoms with E-state index in [1.807, 2.05) is 0 Å². The van der Waals surface area contributed by atoms with Crippen molar-refractivity contribution in [1.29, 1.82) is 0 Å². The Hall–Kier alpha value is -1.59. The van der Waals surface area contributed by atoms with Gasteiger partial charge in [0.2, 0.25) is 5.91 Å². The SMILES string of the molecule is CC(CC(=O)O)CC(=O)NC(=O)NCC1CC1(C)C. The highest BCUT2D eigenvalue weighted by atomic mass is 16.4. The topological polar surface area (TPSA) is 95.5 Å². The van der Waals surface area contributed by atoms with E-state index in [2.05, 4.69) is 24.5 Å². The molecular formula is C13H22N2O4. The minimum absolute atomic E-state index is 0.0364. The molecule has 1 fully saturated rings. The number of hydrogen-bond acceptors (Lipinski definition) is 3. The molecule has 19 heavy (non-hydrogen) atoms. The lowest BCUT2D eigenvalue weighted by atomic mass is 10.0. The molecule has 2 unspecified atom stereocenters. The van der Waals surface area contributed by atoms with Gasteiger partial charge < -0.3 is 10.4 Å². The summed E-state index contributed by atoms with van der Waals surface area (Å²) in [4.78, 5) is 33.4. The summed E-state index contributed by atoms with van der Waals surface area (Å²) < 4.78 is 0. The molecule has 0 bridgehead atoms. The van der Waals surface area contributed by atoms with E-state index in [1.54, 1.807) is 6.92 Å². The van der Waals surface area contributed by atoms with Gasteiger partial charge in [-0.25, -0.2) is 4.79 Å². The summed E-state index contributed by atoms with van der Waals surface area (Å²) in [6, 6.07) is -0.504. The molecule has 3 N–H and O–H groups in total. The Morgan fingerprint density at radius 1 is 1.32 bits per heavy atom. The molecule has 0 saturated heterocycles. The zero-order valence-corrected chi connectivity index (χ0v) is 11.7. The Morgan fingerprint density at radius 2 is 1.89 bits per heavy atom. The maximum atomic E-state index is 11.5. The Balaban J connectivity index is 2.17. The third kappa shape index (κ3) is 5.72. The third-order valence-electron chi connectivity index (χ3n) is 3.54. The van der Waals surface area contributed by atoms with Crippen LogP contribution in [-0.2, 0) is 9.59 Å². The summed E-state index contributed by atoms with van der Waals surface area (Å²) >= 11 is 0. The van der Waals surface area contributed by atoms with E-state index >= 15 is 0 Å². The second kappa shape index (κ2) is 6.04. The molecular weight excluding hydrogens is 248 g/mol. The number of nitrogens with one attached hydrogen (secondary N) is 2. The first-order valence-corrected chi connectivity index (χ1v) is 6.50. The largest absolute Gasteiger partial charge is 0.481 e. The summed E-state index contributed by atoms with van der Waals surface area (Å²) in [6.07, 6.45) is 1.04. The second-order valence-electron chi connectivity index (χ2n) is 6.05. The number of hydrogen-bond donors (Lipinski definition) is 3. The number of carboxylic acids is 1. The van der Waals surface area contributed by atoms with E-state index in [9.17, 15) is 14.4 Å². The summed E-state index contributed by atoms with van der Waals surface area (Å²) in [6.45, 7) is 6.50. The average molecular weight is 270 g/mol. The van der Waals surface area contributed by atoms with Gasteiger partial charge in [0.25, 0.3) is 0 Å². The van der Waals surface area contributed by atoms with Crippen molar-refractivity contribution in [2.45, 2.75) is 40.0 Å². The second-order valence-corrected chi connectivity index (χ2v) is 6.05. The standard InChI is InChI=1S/C13H22N2O4/c1-8(5-11(17)18)4-10(16)15-12(19)14-7-9-6-13(9,2)3/h8-9H,4-7H2,1-3H3,(H,17,18)(H2,14,15,16,19). The molecule has 0 aromatic rings. The molecule has 6 heteroatoms. The van der Waals surface area contributed by atoms with Crippen LogP contribution in [0, 0.1) is 17.3 Å². The van der Waals surface area contributed by atoms with E-state index in [1.165, 1.54) is 0 Å². The molecule has 3 amide bonds. The van der Waals surface area contributed by atoms with Crippen LogP contribution in [0.1, 0.15) is 40.0 Å². The Labute approximate surface area is 112 Å². The molecule has 0 heterocycles. The van der Waals surface area contributed by atoms with Crippen molar-refractivity contribution in [3.05, 3.63) is 0 Å². The molecule has 2 atom stereocenters. The molecule has 1 rings (SSSR count). The van der Waals surface area contributed by atoms with Crippen LogP contribution in [0.4, 0.5) is 4.79 Å². The van der Waals surface area contributed by atoms with Crippen LogP contribution in [0.2, 0.25) is 0 Å². The van der Waals surface area contributed by atoms with Gasteiger partial charge in [-0.1, -0.05) is 20.8 Å². The van der Waals surface area contributed by atoms with E-state index in [0.717, 1.165) is 6.42 Å². The number of carbonyl (C=O) groups excluding carboxylic acids is 2. The predicted octanol–water partition coefficient (Wildman–Crippen LogP) is 1.36. The third-order valence-corrected chi connectivity index (χ3v) is 3.54. The lowest BCUT2D eigenvalue weighted by Crippen LogP contribution is -2.41. The molecule has 0 aromatic heterocycles. The van der Waals surface area contributed by atoms with Crippen molar-refractivity contribution in [1.82, 2.24) is 10.6 Å². The molecule has 0 aliphatic heterocycles. The van der Waals surface area contributed by atoms with Gasteiger partial charge in [-0.15, -0.1) is 0 Å². The zero-order valence-electron chi connectivity index (χ0n) is 11.7. The summed E-state index contributed by atoms with van der Waals surface area (Å²) in [5.41, 5.74) is 0.285. The zero-order chi connectivity index (χ0) is 14.6. The normalized spacial score (nSPS) is 21.3. The van der Waals surface area contributed by atoms with Crippen LogP contribution in [0.25, 0.3) is 0 Å². The van der Waals surface area contributed by atoms with Gasteiger partial charge in [0.05, 0.1) is 0 Å². The Kier molecular flexibility index (Phi) is 4.91. The van der Waals surface area contributed by atoms with Crippen molar-refractivity contribution < 1.29 is 19.5 Å². The first kappa shape index (κ1) is 15.5. The molecule has 1 aliphatic carbocycles. The number of urea groups is 1. The van der Waals surface area contributed by atoms with Crippen molar-refractivity contribution in [2.24, 2.45) is 17.3 Å². The number of rotatable bonds is 6. The first-order chi connectivity index (χ1) is 8.70. The van der Waals surface area contributed by atoms with E-state index in [0.29, 0.717) is 12.5 Å². The van der Waals surface area contributed by atoms with E-state index in [-0.39, 0.29) is 24.2 Å². The number of carbonyl (C=O) groups is 3. The summed E-state index contributed by atoms with van der Waals surface area (Å²) in [7, 11) is 0. The molecule has 108 valence electrons. The molecule has 1 aliphatic rings. The Morgan fingerprint density at radius 3 is 2.37 bits per heavy atom. The van der Waals surface area contributed by atoms with Crippen LogP contribution >= 0.6 is 0 Å². The quantitative estimate of drug-likeness (QED) is 0.679. The highest BCUT2D eigenvalue weighted by Gasteiger charge is 2.45. The summed E-state index contributed by atoms with van der Waals surface area (Å²) in [5.74, 6) is -1.20.